The molecule has 0 aromatic carbocycles. The molecule has 1 saturated heterocycles. The second kappa shape index (κ2) is 6.37. The molecule has 0 radical (unpaired) electrons. The molecule has 1 fully saturated rings. The van der Waals surface area contributed by atoms with Gasteiger partial charge < -0.3 is 14.8 Å². The zero-order valence-corrected chi connectivity index (χ0v) is 13.0. The molecule has 0 saturated carbocycles. The minimum atomic E-state index is 0.0232. The Morgan fingerprint density at radius 2 is 2.05 bits per heavy atom. The van der Waals surface area contributed by atoms with E-state index in [0.29, 0.717) is 19.2 Å². The second-order valence-electron chi connectivity index (χ2n) is 5.41. The molecule has 3 rings (SSSR count). The first-order valence-electron chi connectivity index (χ1n) is 7.32. The average molecular weight is 300 g/mol. The maximum atomic E-state index is 5.43. The molecule has 6 nitrogen and oxygen atoms in total. The van der Waals surface area contributed by atoms with Crippen molar-refractivity contribution in [2.24, 2.45) is 0 Å². The van der Waals surface area contributed by atoms with E-state index in [0.717, 1.165) is 22.6 Å². The molecule has 2 aromatic heterocycles. The number of methoxy groups -OCH3 is 1. The lowest BCUT2D eigenvalue weighted by molar-refractivity contribution is 0.0794. The van der Waals surface area contributed by atoms with Gasteiger partial charge in [-0.1, -0.05) is 0 Å². The van der Waals surface area contributed by atoms with Gasteiger partial charge in [-0.05, 0) is 32.0 Å². The van der Waals surface area contributed by atoms with Crippen molar-refractivity contribution in [2.75, 3.05) is 25.6 Å². The molecule has 2 aromatic rings. The van der Waals surface area contributed by atoms with Gasteiger partial charge in [-0.2, -0.15) is 0 Å². The van der Waals surface area contributed by atoms with Crippen LogP contribution in [-0.2, 0) is 9.47 Å². The summed E-state index contributed by atoms with van der Waals surface area (Å²) < 4.78 is 10.8. The molecule has 0 aliphatic carbocycles. The van der Waals surface area contributed by atoms with Crippen molar-refractivity contribution >= 4 is 5.95 Å². The fraction of sp³-hybridized carbons (Fsp3) is 0.438. The van der Waals surface area contributed by atoms with Crippen molar-refractivity contribution in [3.8, 4) is 11.3 Å². The minimum Gasteiger partial charge on any atom is -0.377 e. The predicted octanol–water partition coefficient (Wildman–Crippen LogP) is 1.98. The first-order chi connectivity index (χ1) is 10.7. The van der Waals surface area contributed by atoms with E-state index < -0.39 is 0 Å². The molecule has 1 aliphatic heterocycles. The van der Waals surface area contributed by atoms with Crippen LogP contribution in [0.15, 0.2) is 24.4 Å². The summed E-state index contributed by atoms with van der Waals surface area (Å²) in [4.78, 5) is 13.4. The Balaban J connectivity index is 1.83. The Labute approximate surface area is 129 Å². The van der Waals surface area contributed by atoms with Crippen molar-refractivity contribution in [3.63, 3.8) is 0 Å². The van der Waals surface area contributed by atoms with E-state index in [-0.39, 0.29) is 12.1 Å². The van der Waals surface area contributed by atoms with E-state index in [4.69, 9.17) is 9.47 Å². The molecule has 0 spiro atoms. The van der Waals surface area contributed by atoms with E-state index in [1.807, 2.05) is 32.0 Å². The van der Waals surface area contributed by atoms with Gasteiger partial charge in [-0.15, -0.1) is 0 Å². The molecule has 22 heavy (non-hydrogen) atoms. The molecule has 0 amide bonds. The molecular weight excluding hydrogens is 280 g/mol. The number of hydrogen-bond donors (Lipinski definition) is 1. The number of pyridine rings is 1. The third-order valence-electron chi connectivity index (χ3n) is 3.80. The molecule has 1 aliphatic rings. The first-order valence-corrected chi connectivity index (χ1v) is 7.32. The Hall–Kier alpha value is -2.05. The first kappa shape index (κ1) is 14.9. The normalized spacial score (nSPS) is 21.0. The monoisotopic (exact) mass is 300 g/mol. The average Bonchev–Trinajstić information content (AvgIpc) is 2.94. The number of ether oxygens (including phenoxy) is 2. The largest absolute Gasteiger partial charge is 0.377 e. The third-order valence-corrected chi connectivity index (χ3v) is 3.80. The highest BCUT2D eigenvalue weighted by atomic mass is 16.5. The summed E-state index contributed by atoms with van der Waals surface area (Å²) in [5, 5.41) is 3.29. The highest BCUT2D eigenvalue weighted by Crippen LogP contribution is 2.21. The Morgan fingerprint density at radius 1 is 1.18 bits per heavy atom. The topological polar surface area (TPSA) is 69.2 Å². The van der Waals surface area contributed by atoms with E-state index in [1.54, 1.807) is 13.3 Å². The van der Waals surface area contributed by atoms with Crippen molar-refractivity contribution in [2.45, 2.75) is 26.0 Å². The van der Waals surface area contributed by atoms with Crippen LogP contribution < -0.4 is 5.32 Å². The van der Waals surface area contributed by atoms with Crippen molar-refractivity contribution in [1.82, 2.24) is 15.0 Å². The molecule has 3 heterocycles. The van der Waals surface area contributed by atoms with Gasteiger partial charge in [0, 0.05) is 30.3 Å². The van der Waals surface area contributed by atoms with Gasteiger partial charge in [0.15, 0.2) is 0 Å². The summed E-state index contributed by atoms with van der Waals surface area (Å²) in [5.41, 5.74) is 3.83. The smallest absolute Gasteiger partial charge is 0.223 e. The van der Waals surface area contributed by atoms with E-state index in [2.05, 4.69) is 20.3 Å². The van der Waals surface area contributed by atoms with Gasteiger partial charge in [-0.25, -0.2) is 9.97 Å². The standard InChI is InChI=1S/C16H20N4O2/c1-10-4-5-12(11(2)18-10)13-6-7-17-16(19-13)20-14-8-22-9-15(14)21-3/h4-7,14-15H,8-9H2,1-3H3,(H,17,19,20)/t14-,15-/m0/s1. The van der Waals surface area contributed by atoms with Crippen LogP contribution >= 0.6 is 0 Å². The molecular formula is C16H20N4O2. The molecule has 116 valence electrons. The molecule has 2 atom stereocenters. The number of hydrogen-bond acceptors (Lipinski definition) is 6. The quantitative estimate of drug-likeness (QED) is 0.931. The highest BCUT2D eigenvalue weighted by molar-refractivity contribution is 5.62. The van der Waals surface area contributed by atoms with Crippen LogP contribution in [-0.4, -0.2) is 47.4 Å². The van der Waals surface area contributed by atoms with Gasteiger partial charge in [0.25, 0.3) is 0 Å². The second-order valence-corrected chi connectivity index (χ2v) is 5.41. The number of nitrogens with one attached hydrogen (secondary N) is 1. The number of nitrogens with zero attached hydrogens (tertiary/aromatic N) is 3. The fourth-order valence-electron chi connectivity index (χ4n) is 2.60. The van der Waals surface area contributed by atoms with E-state index >= 15 is 0 Å². The summed E-state index contributed by atoms with van der Waals surface area (Å²) in [6.07, 6.45) is 1.77. The van der Waals surface area contributed by atoms with Gasteiger partial charge in [0.2, 0.25) is 5.95 Å². The lowest BCUT2D eigenvalue weighted by atomic mass is 10.1. The zero-order valence-electron chi connectivity index (χ0n) is 13.0. The molecule has 6 heteroatoms. The van der Waals surface area contributed by atoms with Crippen molar-refractivity contribution in [1.29, 1.82) is 0 Å². The number of aryl methyl sites for hydroxylation is 2. The number of rotatable bonds is 4. The van der Waals surface area contributed by atoms with E-state index in [9.17, 15) is 0 Å². The fourth-order valence-corrected chi connectivity index (χ4v) is 2.60. The maximum Gasteiger partial charge on any atom is 0.223 e. The third kappa shape index (κ3) is 3.08. The summed E-state index contributed by atoms with van der Waals surface area (Å²) in [6, 6.07) is 5.99. The summed E-state index contributed by atoms with van der Waals surface area (Å²) in [6.45, 7) is 5.16. The van der Waals surface area contributed by atoms with Gasteiger partial charge in [0.1, 0.15) is 6.10 Å². The van der Waals surface area contributed by atoms with Crippen LogP contribution in [0.2, 0.25) is 0 Å². The van der Waals surface area contributed by atoms with Crippen LogP contribution in [0.3, 0.4) is 0 Å². The van der Waals surface area contributed by atoms with Crippen LogP contribution in [0, 0.1) is 13.8 Å². The lowest BCUT2D eigenvalue weighted by Gasteiger charge is -2.17. The molecule has 0 unspecified atom stereocenters. The van der Waals surface area contributed by atoms with Crippen LogP contribution in [0.25, 0.3) is 11.3 Å². The Morgan fingerprint density at radius 3 is 2.82 bits per heavy atom. The van der Waals surface area contributed by atoms with Crippen LogP contribution in [0.1, 0.15) is 11.4 Å². The Bertz CT molecular complexity index is 662. The van der Waals surface area contributed by atoms with E-state index in [1.165, 1.54) is 0 Å². The van der Waals surface area contributed by atoms with Crippen LogP contribution in [0.4, 0.5) is 5.95 Å². The van der Waals surface area contributed by atoms with Crippen LogP contribution in [0.5, 0.6) is 0 Å². The SMILES string of the molecule is CO[C@H]1COC[C@@H]1Nc1nccc(-c2ccc(C)nc2C)n1. The summed E-state index contributed by atoms with van der Waals surface area (Å²) in [7, 11) is 1.69. The minimum absolute atomic E-state index is 0.0232. The summed E-state index contributed by atoms with van der Waals surface area (Å²) in [5.74, 6) is 0.579. The van der Waals surface area contributed by atoms with Gasteiger partial charge in [0.05, 0.1) is 24.9 Å². The molecule has 1 N–H and O–H groups in total. The van der Waals surface area contributed by atoms with Gasteiger partial charge >= 0.3 is 0 Å². The predicted molar refractivity (Wildman–Crippen MR) is 83.8 cm³/mol. The van der Waals surface area contributed by atoms with Crippen molar-refractivity contribution < 1.29 is 9.47 Å². The Kier molecular flexibility index (Phi) is 4.31. The maximum absolute atomic E-state index is 5.43. The highest BCUT2D eigenvalue weighted by Gasteiger charge is 2.28. The summed E-state index contributed by atoms with van der Waals surface area (Å²) >= 11 is 0. The lowest BCUT2D eigenvalue weighted by Crippen LogP contribution is -2.34. The zero-order chi connectivity index (χ0) is 15.5. The van der Waals surface area contributed by atoms with Gasteiger partial charge in [-0.3, -0.25) is 4.98 Å². The number of anilines is 1. The van der Waals surface area contributed by atoms with Crippen molar-refractivity contribution in [3.05, 3.63) is 35.8 Å². The number of aromatic nitrogens is 3. The molecule has 0 bridgehead atoms.